The molecule has 0 aromatic carbocycles. The quantitative estimate of drug-likeness (QED) is 0.438. The fourth-order valence-electron chi connectivity index (χ4n) is 1.32. The molecule has 0 aliphatic heterocycles. The standard InChI is InChI=1S/C14H20O4/c1-7-9(2)10(3)11(4)12(14(16)18-6)8-13(15)17-5/h7-8H,1-6H3/b9-7+,11-10+,12-8-. The molecule has 0 N–H and O–H groups in total. The first-order valence-electron chi connectivity index (χ1n) is 5.58. The number of hydrogen-bond acceptors (Lipinski definition) is 4. The molecule has 100 valence electrons. The zero-order valence-corrected chi connectivity index (χ0v) is 11.8. The number of ether oxygens (including phenoxy) is 2. The molecule has 0 aromatic heterocycles. The Bertz CT molecular complexity index is 425. The first kappa shape index (κ1) is 16.2. The first-order valence-corrected chi connectivity index (χ1v) is 5.58. The van der Waals surface area contributed by atoms with Gasteiger partial charge in [-0.3, -0.25) is 0 Å². The van der Waals surface area contributed by atoms with Crippen LogP contribution in [0.1, 0.15) is 27.7 Å². The normalized spacial score (nSPS) is 13.9. The third kappa shape index (κ3) is 4.20. The molecule has 0 aromatic rings. The lowest BCUT2D eigenvalue weighted by Crippen LogP contribution is -2.10. The summed E-state index contributed by atoms with van der Waals surface area (Å²) < 4.78 is 9.21. The minimum Gasteiger partial charge on any atom is -0.466 e. The van der Waals surface area contributed by atoms with E-state index in [4.69, 9.17) is 0 Å². The van der Waals surface area contributed by atoms with Crippen LogP contribution in [-0.4, -0.2) is 26.2 Å². The van der Waals surface area contributed by atoms with Gasteiger partial charge in [-0.1, -0.05) is 11.6 Å². The summed E-state index contributed by atoms with van der Waals surface area (Å²) in [5.41, 5.74) is 2.87. The van der Waals surface area contributed by atoms with Crippen molar-refractivity contribution < 1.29 is 19.1 Å². The van der Waals surface area contributed by atoms with E-state index in [2.05, 4.69) is 9.47 Å². The summed E-state index contributed by atoms with van der Waals surface area (Å²) in [5, 5.41) is 0. The average molecular weight is 252 g/mol. The van der Waals surface area contributed by atoms with Crippen LogP contribution >= 0.6 is 0 Å². The van der Waals surface area contributed by atoms with Crippen LogP contribution in [0, 0.1) is 0 Å². The van der Waals surface area contributed by atoms with Crippen molar-refractivity contribution in [3.05, 3.63) is 34.4 Å². The number of rotatable bonds is 4. The van der Waals surface area contributed by atoms with E-state index in [1.165, 1.54) is 14.2 Å². The molecular weight excluding hydrogens is 232 g/mol. The van der Waals surface area contributed by atoms with Crippen LogP contribution < -0.4 is 0 Å². The fraction of sp³-hybridized carbons (Fsp3) is 0.429. The van der Waals surface area contributed by atoms with E-state index in [1.54, 1.807) is 6.92 Å². The maximum absolute atomic E-state index is 11.7. The van der Waals surface area contributed by atoms with Gasteiger partial charge in [0.1, 0.15) is 0 Å². The second-order valence-corrected chi connectivity index (χ2v) is 3.79. The molecule has 0 aliphatic carbocycles. The molecule has 0 heterocycles. The molecule has 4 nitrogen and oxygen atoms in total. The second kappa shape index (κ2) is 7.48. The summed E-state index contributed by atoms with van der Waals surface area (Å²) in [4.78, 5) is 22.9. The maximum atomic E-state index is 11.7. The van der Waals surface area contributed by atoms with Crippen LogP contribution in [0.2, 0.25) is 0 Å². The van der Waals surface area contributed by atoms with Crippen molar-refractivity contribution in [2.75, 3.05) is 14.2 Å². The molecule has 0 atom stereocenters. The van der Waals surface area contributed by atoms with Gasteiger partial charge in [0, 0.05) is 6.08 Å². The number of esters is 2. The summed E-state index contributed by atoms with van der Waals surface area (Å²) >= 11 is 0. The highest BCUT2D eigenvalue weighted by atomic mass is 16.5. The SMILES string of the molecule is C/C=C(C)/C(C)=C(C)/C(=C/C(=O)OC)C(=O)OC. The largest absolute Gasteiger partial charge is 0.466 e. The highest BCUT2D eigenvalue weighted by molar-refractivity contribution is 6.00. The van der Waals surface area contributed by atoms with Crippen molar-refractivity contribution >= 4 is 11.9 Å². The Hall–Kier alpha value is -1.84. The smallest absolute Gasteiger partial charge is 0.338 e. The van der Waals surface area contributed by atoms with Gasteiger partial charge in [0.05, 0.1) is 19.8 Å². The third-order valence-corrected chi connectivity index (χ3v) is 2.86. The molecule has 18 heavy (non-hydrogen) atoms. The van der Waals surface area contributed by atoms with Crippen LogP contribution in [0.25, 0.3) is 0 Å². The van der Waals surface area contributed by atoms with E-state index in [0.717, 1.165) is 17.2 Å². The Balaban J connectivity index is 5.69. The third-order valence-electron chi connectivity index (χ3n) is 2.86. The predicted molar refractivity (Wildman–Crippen MR) is 69.9 cm³/mol. The predicted octanol–water partition coefficient (Wildman–Crippen LogP) is 2.56. The van der Waals surface area contributed by atoms with Gasteiger partial charge in [-0.25, -0.2) is 9.59 Å². The van der Waals surface area contributed by atoms with Crippen molar-refractivity contribution in [3.63, 3.8) is 0 Å². The Morgan fingerprint density at radius 2 is 1.50 bits per heavy atom. The van der Waals surface area contributed by atoms with Gasteiger partial charge in [0.15, 0.2) is 0 Å². The molecule has 0 fully saturated rings. The molecule has 0 saturated carbocycles. The lowest BCUT2D eigenvalue weighted by Gasteiger charge is -2.10. The van der Waals surface area contributed by atoms with Crippen LogP contribution in [0.15, 0.2) is 34.4 Å². The molecule has 0 rings (SSSR count). The van der Waals surface area contributed by atoms with Crippen LogP contribution in [-0.2, 0) is 19.1 Å². The summed E-state index contributed by atoms with van der Waals surface area (Å²) in [5.74, 6) is -1.14. The van der Waals surface area contributed by atoms with Gasteiger partial charge >= 0.3 is 11.9 Å². The summed E-state index contributed by atoms with van der Waals surface area (Å²) in [7, 11) is 2.54. The van der Waals surface area contributed by atoms with Crippen molar-refractivity contribution in [2.24, 2.45) is 0 Å². The molecule has 0 unspecified atom stereocenters. The number of carbonyl (C=O) groups is 2. The minimum atomic E-state index is -0.583. The van der Waals surface area contributed by atoms with Gasteiger partial charge in [-0.2, -0.15) is 0 Å². The van der Waals surface area contributed by atoms with Gasteiger partial charge < -0.3 is 9.47 Å². The maximum Gasteiger partial charge on any atom is 0.338 e. The van der Waals surface area contributed by atoms with Crippen molar-refractivity contribution in [2.45, 2.75) is 27.7 Å². The monoisotopic (exact) mass is 252 g/mol. The number of allylic oxidation sites excluding steroid dienone is 3. The molecular formula is C14H20O4. The van der Waals surface area contributed by atoms with Crippen LogP contribution in [0.3, 0.4) is 0 Å². The molecule has 0 spiro atoms. The second-order valence-electron chi connectivity index (χ2n) is 3.79. The van der Waals surface area contributed by atoms with E-state index >= 15 is 0 Å². The van der Waals surface area contributed by atoms with E-state index in [1.807, 2.05) is 26.8 Å². The molecule has 0 bridgehead atoms. The molecule has 0 amide bonds. The Kier molecular flexibility index (Phi) is 6.71. The van der Waals surface area contributed by atoms with Gasteiger partial charge in [0.2, 0.25) is 0 Å². The van der Waals surface area contributed by atoms with E-state index in [9.17, 15) is 9.59 Å². The van der Waals surface area contributed by atoms with Gasteiger partial charge in [-0.05, 0) is 38.8 Å². The van der Waals surface area contributed by atoms with E-state index < -0.39 is 11.9 Å². The summed E-state index contributed by atoms with van der Waals surface area (Å²) in [6, 6.07) is 0. The van der Waals surface area contributed by atoms with Crippen molar-refractivity contribution in [1.29, 1.82) is 0 Å². The number of carbonyl (C=O) groups excluding carboxylic acids is 2. The number of methoxy groups -OCH3 is 2. The topological polar surface area (TPSA) is 52.6 Å². The summed E-state index contributed by atoms with van der Waals surface area (Å²) in [6.45, 7) is 7.51. The lowest BCUT2D eigenvalue weighted by molar-refractivity contribution is -0.138. The average Bonchev–Trinajstić information content (AvgIpc) is 2.40. The highest BCUT2D eigenvalue weighted by Gasteiger charge is 2.16. The minimum absolute atomic E-state index is 0.211. The first-order chi connectivity index (χ1) is 8.38. The Morgan fingerprint density at radius 3 is 1.89 bits per heavy atom. The Labute approximate surface area is 108 Å². The number of hydrogen-bond donors (Lipinski definition) is 0. The Morgan fingerprint density at radius 1 is 0.944 bits per heavy atom. The van der Waals surface area contributed by atoms with Crippen molar-refractivity contribution in [1.82, 2.24) is 0 Å². The molecule has 0 saturated heterocycles. The highest BCUT2D eigenvalue weighted by Crippen LogP contribution is 2.21. The zero-order chi connectivity index (χ0) is 14.3. The molecule has 0 aliphatic rings. The van der Waals surface area contributed by atoms with Crippen molar-refractivity contribution in [3.8, 4) is 0 Å². The zero-order valence-electron chi connectivity index (χ0n) is 11.8. The molecule has 4 heteroatoms. The van der Waals surface area contributed by atoms with Gasteiger partial charge in [-0.15, -0.1) is 0 Å². The van der Waals surface area contributed by atoms with Gasteiger partial charge in [0.25, 0.3) is 0 Å². The summed E-state index contributed by atoms with van der Waals surface area (Å²) in [6.07, 6.45) is 3.08. The lowest BCUT2D eigenvalue weighted by atomic mass is 9.97. The van der Waals surface area contributed by atoms with Crippen LogP contribution in [0.4, 0.5) is 0 Å². The van der Waals surface area contributed by atoms with Crippen LogP contribution in [0.5, 0.6) is 0 Å². The fourth-order valence-corrected chi connectivity index (χ4v) is 1.32. The molecule has 0 radical (unpaired) electrons. The van der Waals surface area contributed by atoms with E-state index in [-0.39, 0.29) is 5.57 Å². The van der Waals surface area contributed by atoms with E-state index in [0.29, 0.717) is 5.57 Å².